The molecule has 1 saturated heterocycles. The van der Waals surface area contributed by atoms with Crippen molar-refractivity contribution in [1.29, 1.82) is 0 Å². The molecule has 0 amide bonds. The fourth-order valence-corrected chi connectivity index (χ4v) is 0. The highest BCUT2D eigenvalue weighted by Crippen LogP contribution is 1.84. The van der Waals surface area contributed by atoms with Gasteiger partial charge < -0.3 is 4.74 Å². The van der Waals surface area contributed by atoms with E-state index in [1.54, 1.807) is 0 Å². The van der Waals surface area contributed by atoms with E-state index in [0.29, 0.717) is 0 Å². The van der Waals surface area contributed by atoms with E-state index < -0.39 is 6.29 Å². The van der Waals surface area contributed by atoms with E-state index in [9.17, 15) is 8.78 Å². The van der Waals surface area contributed by atoms with Crippen LogP contribution in [0.5, 0.6) is 0 Å². The van der Waals surface area contributed by atoms with Crippen LogP contribution in [0.25, 0.3) is 0 Å². The SMILES string of the molecule is C1CO1.O=C(F)F. The maximum atomic E-state index is 9.69. The van der Waals surface area contributed by atoms with Crippen molar-refractivity contribution in [3.05, 3.63) is 0 Å². The second kappa shape index (κ2) is 3.67. The summed E-state index contributed by atoms with van der Waals surface area (Å²) in [6.07, 6.45) is -2.83. The molecule has 0 aliphatic carbocycles. The standard InChI is InChI=1S/C2H4O.CF2O/c1-2-3-1;2-1(3)4/h1-2H2;. The van der Waals surface area contributed by atoms with Gasteiger partial charge in [0.15, 0.2) is 0 Å². The number of halogens is 2. The zero-order chi connectivity index (χ0) is 5.70. The molecule has 0 saturated carbocycles. The van der Waals surface area contributed by atoms with E-state index in [4.69, 9.17) is 4.79 Å². The van der Waals surface area contributed by atoms with Gasteiger partial charge in [0.1, 0.15) is 0 Å². The number of ether oxygens (including phenoxy) is 1. The molecule has 0 aromatic rings. The predicted molar refractivity (Wildman–Crippen MR) is 18.4 cm³/mol. The van der Waals surface area contributed by atoms with Gasteiger partial charge in [-0.1, -0.05) is 0 Å². The molecule has 0 N–H and O–H groups in total. The Hall–Kier alpha value is -0.510. The summed E-state index contributed by atoms with van der Waals surface area (Å²) < 4.78 is 23.9. The van der Waals surface area contributed by atoms with Crippen LogP contribution < -0.4 is 0 Å². The van der Waals surface area contributed by atoms with E-state index in [1.807, 2.05) is 0 Å². The van der Waals surface area contributed by atoms with Gasteiger partial charge in [0.2, 0.25) is 0 Å². The highest BCUT2D eigenvalue weighted by atomic mass is 19.3. The van der Waals surface area contributed by atoms with Crippen LogP contribution in [0.1, 0.15) is 0 Å². The van der Waals surface area contributed by atoms with Gasteiger partial charge in [-0.25, -0.2) is 4.79 Å². The second-order valence-electron chi connectivity index (χ2n) is 0.838. The molecule has 1 rings (SSSR count). The molecule has 0 unspecified atom stereocenters. The summed E-state index contributed by atoms with van der Waals surface area (Å²) in [4.78, 5) is 8.11. The Bertz CT molecular complexity index is 55.2. The highest BCUT2D eigenvalue weighted by Gasteiger charge is 1.94. The number of hydrogen-bond acceptors (Lipinski definition) is 2. The molecule has 7 heavy (non-hydrogen) atoms. The molecule has 1 aliphatic rings. The average molecular weight is 110 g/mol. The first-order valence-corrected chi connectivity index (χ1v) is 1.66. The minimum atomic E-state index is -2.83. The van der Waals surface area contributed by atoms with Crippen molar-refractivity contribution in [3.8, 4) is 0 Å². The molecule has 1 aliphatic heterocycles. The first kappa shape index (κ1) is 6.49. The molecule has 0 bridgehead atoms. The van der Waals surface area contributed by atoms with Crippen LogP contribution in [0.4, 0.5) is 13.6 Å². The van der Waals surface area contributed by atoms with Gasteiger partial charge in [0.25, 0.3) is 0 Å². The average Bonchev–Trinajstić information content (AvgIpc) is 2.02. The molecular formula is C3H4F2O2. The van der Waals surface area contributed by atoms with Crippen molar-refractivity contribution >= 4 is 6.29 Å². The number of carbonyl (C=O) groups is 1. The molecule has 0 atom stereocenters. The Balaban J connectivity index is 0.000000105. The van der Waals surface area contributed by atoms with Crippen LogP contribution in [-0.2, 0) is 4.74 Å². The monoisotopic (exact) mass is 110 g/mol. The van der Waals surface area contributed by atoms with Crippen LogP contribution in [0.15, 0.2) is 0 Å². The summed E-state index contributed by atoms with van der Waals surface area (Å²) >= 11 is 0. The van der Waals surface area contributed by atoms with E-state index in [0.717, 1.165) is 13.2 Å². The maximum Gasteiger partial charge on any atom is 0.483 e. The lowest BCUT2D eigenvalue weighted by molar-refractivity contribution is 0.199. The Morgan fingerprint density at radius 2 is 1.57 bits per heavy atom. The maximum absolute atomic E-state index is 9.69. The molecule has 4 heteroatoms. The summed E-state index contributed by atoms with van der Waals surface area (Å²) in [7, 11) is 0. The van der Waals surface area contributed by atoms with Crippen molar-refractivity contribution < 1.29 is 18.3 Å². The van der Waals surface area contributed by atoms with Crippen molar-refractivity contribution in [3.63, 3.8) is 0 Å². The summed E-state index contributed by atoms with van der Waals surface area (Å²) in [5.74, 6) is 0. The van der Waals surface area contributed by atoms with Crippen LogP contribution in [0.2, 0.25) is 0 Å². The lowest BCUT2D eigenvalue weighted by Crippen LogP contribution is -1.54. The van der Waals surface area contributed by atoms with Crippen molar-refractivity contribution in [2.24, 2.45) is 0 Å². The number of rotatable bonds is 0. The normalized spacial score (nSPS) is 14.0. The van der Waals surface area contributed by atoms with Crippen LogP contribution in [0, 0.1) is 0 Å². The van der Waals surface area contributed by atoms with Crippen LogP contribution >= 0.6 is 0 Å². The van der Waals surface area contributed by atoms with E-state index in [-0.39, 0.29) is 0 Å². The number of epoxide rings is 1. The summed E-state index contributed by atoms with van der Waals surface area (Å²) in [6, 6.07) is 0. The number of hydrogen-bond donors (Lipinski definition) is 0. The van der Waals surface area contributed by atoms with Crippen molar-refractivity contribution in [1.82, 2.24) is 0 Å². The van der Waals surface area contributed by atoms with Gasteiger partial charge in [0, 0.05) is 0 Å². The fourth-order valence-electron chi connectivity index (χ4n) is 0. The summed E-state index contributed by atoms with van der Waals surface area (Å²) in [5.41, 5.74) is 0. The first-order valence-electron chi connectivity index (χ1n) is 1.66. The van der Waals surface area contributed by atoms with Gasteiger partial charge in [-0.15, -0.1) is 8.78 Å². The molecule has 2 nitrogen and oxygen atoms in total. The Morgan fingerprint density at radius 1 is 1.43 bits per heavy atom. The third kappa shape index (κ3) is 279. The van der Waals surface area contributed by atoms with Crippen LogP contribution in [0.3, 0.4) is 0 Å². The zero-order valence-corrected chi connectivity index (χ0v) is 3.49. The lowest BCUT2D eigenvalue weighted by atomic mass is 11.0. The molecular weight excluding hydrogens is 106 g/mol. The van der Waals surface area contributed by atoms with E-state index in [2.05, 4.69) is 4.74 Å². The smallest absolute Gasteiger partial charge is 0.377 e. The minimum Gasteiger partial charge on any atom is -0.377 e. The summed E-state index contributed by atoms with van der Waals surface area (Å²) in [5, 5.41) is 0. The fraction of sp³-hybridized carbons (Fsp3) is 0.667. The van der Waals surface area contributed by atoms with Gasteiger partial charge in [-0.05, 0) is 0 Å². The third-order valence-corrected chi connectivity index (χ3v) is 0.204. The summed E-state index contributed by atoms with van der Waals surface area (Å²) in [6.45, 7) is 2.00. The lowest BCUT2D eigenvalue weighted by Gasteiger charge is -1.45. The van der Waals surface area contributed by atoms with Crippen molar-refractivity contribution in [2.75, 3.05) is 13.2 Å². The Morgan fingerprint density at radius 3 is 1.57 bits per heavy atom. The first-order chi connectivity index (χ1) is 3.23. The molecule has 0 radical (unpaired) electrons. The van der Waals surface area contributed by atoms with Gasteiger partial charge in [-0.2, -0.15) is 0 Å². The van der Waals surface area contributed by atoms with E-state index in [1.165, 1.54) is 0 Å². The number of carbonyl (C=O) groups excluding carboxylic acids is 1. The molecule has 0 aromatic heterocycles. The molecule has 1 heterocycles. The molecule has 1 fully saturated rings. The van der Waals surface area contributed by atoms with E-state index >= 15 is 0 Å². The van der Waals surface area contributed by atoms with Gasteiger partial charge >= 0.3 is 6.29 Å². The van der Waals surface area contributed by atoms with Gasteiger partial charge in [-0.3, -0.25) is 0 Å². The van der Waals surface area contributed by atoms with Crippen LogP contribution in [-0.4, -0.2) is 19.5 Å². The topological polar surface area (TPSA) is 29.6 Å². The second-order valence-corrected chi connectivity index (χ2v) is 0.838. The molecule has 42 valence electrons. The third-order valence-electron chi connectivity index (χ3n) is 0.204. The van der Waals surface area contributed by atoms with Gasteiger partial charge in [0.05, 0.1) is 13.2 Å². The largest absolute Gasteiger partial charge is 0.483 e. The minimum absolute atomic E-state index is 1.00. The quantitative estimate of drug-likeness (QED) is 0.344. The Kier molecular flexibility index (Phi) is 3.40. The highest BCUT2D eigenvalue weighted by molar-refractivity contribution is 5.55. The zero-order valence-electron chi connectivity index (χ0n) is 3.49. The Labute approximate surface area is 39.1 Å². The molecule has 0 aromatic carbocycles. The predicted octanol–water partition coefficient (Wildman–Crippen LogP) is 1.06. The molecule has 0 spiro atoms. The van der Waals surface area contributed by atoms with Crippen molar-refractivity contribution in [2.45, 2.75) is 0 Å².